The highest BCUT2D eigenvalue weighted by molar-refractivity contribution is 7.99. The van der Waals surface area contributed by atoms with Crippen molar-refractivity contribution in [1.29, 1.82) is 0 Å². The van der Waals surface area contributed by atoms with Gasteiger partial charge in [0, 0.05) is 7.05 Å². The minimum atomic E-state index is -4.54. The van der Waals surface area contributed by atoms with Crippen molar-refractivity contribution in [3.63, 3.8) is 0 Å². The highest BCUT2D eigenvalue weighted by Gasteiger charge is 2.35. The molecule has 0 atom stereocenters. The van der Waals surface area contributed by atoms with Crippen LogP contribution >= 0.6 is 11.8 Å². The van der Waals surface area contributed by atoms with Crippen molar-refractivity contribution in [3.8, 4) is 0 Å². The third-order valence-corrected chi connectivity index (χ3v) is 3.87. The minimum Gasteiger partial charge on any atom is -0.282 e. The molecule has 2 aromatic heterocycles. The Hall–Kier alpha value is -1.74. The maximum absolute atomic E-state index is 13.2. The molecule has 0 radical (unpaired) electrons. The second kappa shape index (κ2) is 6.17. The van der Waals surface area contributed by atoms with E-state index < -0.39 is 17.8 Å². The van der Waals surface area contributed by atoms with E-state index in [2.05, 4.69) is 4.98 Å². The third kappa shape index (κ3) is 2.91. The number of carbonyl (C=O) groups is 1. The Balaban J connectivity index is 2.74. The highest BCUT2D eigenvalue weighted by atomic mass is 32.2. The number of hydrogen-bond donors (Lipinski definition) is 0. The molecule has 0 saturated carbocycles. The van der Waals surface area contributed by atoms with Gasteiger partial charge in [-0.15, -0.1) is 11.8 Å². The van der Waals surface area contributed by atoms with Crippen molar-refractivity contribution >= 4 is 23.3 Å². The molecule has 2 heterocycles. The van der Waals surface area contributed by atoms with Crippen LogP contribution in [0.5, 0.6) is 0 Å². The summed E-state index contributed by atoms with van der Waals surface area (Å²) in [5.41, 5.74) is -0.862. The number of pyridine rings is 1. The second-order valence-electron chi connectivity index (χ2n) is 4.29. The maximum Gasteiger partial charge on any atom is 0.431 e. The molecule has 2 aromatic rings. The number of nitrogens with zero attached hydrogens (tertiary/aromatic N) is 3. The molecule has 5 nitrogen and oxygen atoms in total. The number of rotatable bonds is 4. The Kier molecular flexibility index (Phi) is 4.66. The van der Waals surface area contributed by atoms with E-state index in [1.165, 1.54) is 26.3 Å². The van der Waals surface area contributed by atoms with Gasteiger partial charge >= 0.3 is 6.18 Å². The molecule has 22 heavy (non-hydrogen) atoms. The van der Waals surface area contributed by atoms with Crippen LogP contribution in [-0.4, -0.2) is 40.3 Å². The van der Waals surface area contributed by atoms with Gasteiger partial charge in [-0.3, -0.25) is 14.0 Å². The summed E-state index contributed by atoms with van der Waals surface area (Å²) >= 11 is 1.12. The SMILES string of the molecule is CCSc1c(C(=O)N(C)OC)nc2cccc(C(F)(F)F)n12. The van der Waals surface area contributed by atoms with Crippen molar-refractivity contribution in [3.05, 3.63) is 29.6 Å². The first kappa shape index (κ1) is 16.6. The topological polar surface area (TPSA) is 46.8 Å². The predicted molar refractivity (Wildman–Crippen MR) is 75.7 cm³/mol. The van der Waals surface area contributed by atoms with Gasteiger partial charge in [0.05, 0.1) is 7.11 Å². The summed E-state index contributed by atoms with van der Waals surface area (Å²) < 4.78 is 40.5. The van der Waals surface area contributed by atoms with E-state index >= 15 is 0 Å². The minimum absolute atomic E-state index is 0.0621. The van der Waals surface area contributed by atoms with Crippen LogP contribution < -0.4 is 0 Å². The summed E-state index contributed by atoms with van der Waals surface area (Å²) in [5, 5.41) is 1.08. The van der Waals surface area contributed by atoms with Crippen LogP contribution in [0.4, 0.5) is 13.2 Å². The first-order valence-electron chi connectivity index (χ1n) is 6.34. The number of carbonyl (C=O) groups excluding carboxylic acids is 1. The van der Waals surface area contributed by atoms with Gasteiger partial charge in [-0.25, -0.2) is 10.0 Å². The quantitative estimate of drug-likeness (QED) is 0.637. The Morgan fingerprint density at radius 3 is 2.68 bits per heavy atom. The molecule has 0 aliphatic heterocycles. The monoisotopic (exact) mass is 333 g/mol. The highest BCUT2D eigenvalue weighted by Crippen LogP contribution is 2.34. The van der Waals surface area contributed by atoms with E-state index in [1.807, 2.05) is 0 Å². The molecule has 0 bridgehead atoms. The third-order valence-electron chi connectivity index (χ3n) is 2.94. The smallest absolute Gasteiger partial charge is 0.282 e. The van der Waals surface area contributed by atoms with Crippen LogP contribution in [0.1, 0.15) is 23.1 Å². The van der Waals surface area contributed by atoms with Gasteiger partial charge in [0.1, 0.15) is 16.4 Å². The molecule has 0 aliphatic carbocycles. The number of fused-ring (bicyclic) bond motifs is 1. The number of imidazole rings is 1. The van der Waals surface area contributed by atoms with Gasteiger partial charge in [-0.1, -0.05) is 13.0 Å². The normalized spacial score (nSPS) is 11.9. The lowest BCUT2D eigenvalue weighted by Crippen LogP contribution is -2.26. The summed E-state index contributed by atoms with van der Waals surface area (Å²) in [5.74, 6) is -0.105. The van der Waals surface area contributed by atoms with Crippen molar-refractivity contribution in [2.75, 3.05) is 19.9 Å². The Bertz CT molecular complexity index is 700. The van der Waals surface area contributed by atoms with Gasteiger partial charge in [-0.05, 0) is 17.9 Å². The molecular formula is C13H14F3N3O2S. The number of alkyl halides is 3. The van der Waals surface area contributed by atoms with E-state index in [0.29, 0.717) is 5.75 Å². The lowest BCUT2D eigenvalue weighted by atomic mass is 10.3. The number of aromatic nitrogens is 2. The van der Waals surface area contributed by atoms with Crippen molar-refractivity contribution in [1.82, 2.24) is 14.4 Å². The number of hydroxylamine groups is 2. The zero-order valence-corrected chi connectivity index (χ0v) is 13.0. The van der Waals surface area contributed by atoms with Gasteiger partial charge in [-0.2, -0.15) is 13.2 Å². The molecule has 0 aromatic carbocycles. The van der Waals surface area contributed by atoms with Crippen LogP contribution in [0.15, 0.2) is 23.2 Å². The van der Waals surface area contributed by atoms with Gasteiger partial charge in [0.2, 0.25) is 0 Å². The van der Waals surface area contributed by atoms with E-state index in [4.69, 9.17) is 4.84 Å². The molecule has 0 N–H and O–H groups in total. The summed E-state index contributed by atoms with van der Waals surface area (Å²) in [7, 11) is 2.67. The molecule has 0 aliphatic rings. The number of hydrogen-bond acceptors (Lipinski definition) is 4. The van der Waals surface area contributed by atoms with Gasteiger partial charge in [0.25, 0.3) is 5.91 Å². The van der Waals surface area contributed by atoms with E-state index in [9.17, 15) is 18.0 Å². The molecular weight excluding hydrogens is 319 g/mol. The fourth-order valence-corrected chi connectivity index (χ4v) is 2.79. The average Bonchev–Trinajstić information content (AvgIpc) is 2.83. The molecule has 0 fully saturated rings. The largest absolute Gasteiger partial charge is 0.431 e. The first-order valence-corrected chi connectivity index (χ1v) is 7.33. The van der Waals surface area contributed by atoms with Gasteiger partial charge in [0.15, 0.2) is 5.69 Å². The predicted octanol–water partition coefficient (Wildman–Crippen LogP) is 3.10. The van der Waals surface area contributed by atoms with Crippen molar-refractivity contribution < 1.29 is 22.8 Å². The van der Waals surface area contributed by atoms with Crippen LogP contribution in [0, 0.1) is 0 Å². The Labute approximate surface area is 129 Å². The lowest BCUT2D eigenvalue weighted by molar-refractivity contribution is -0.142. The molecule has 0 unspecified atom stereocenters. The maximum atomic E-state index is 13.2. The van der Waals surface area contributed by atoms with Crippen LogP contribution in [0.3, 0.4) is 0 Å². The number of thioether (sulfide) groups is 1. The van der Waals surface area contributed by atoms with E-state index in [0.717, 1.165) is 27.3 Å². The number of halogens is 3. The van der Waals surface area contributed by atoms with Crippen molar-refractivity contribution in [2.45, 2.75) is 18.1 Å². The fraction of sp³-hybridized carbons (Fsp3) is 0.385. The van der Waals surface area contributed by atoms with Crippen molar-refractivity contribution in [2.24, 2.45) is 0 Å². The standard InChI is InChI=1S/C13H14F3N3O2S/c1-4-22-12-10(11(20)18(2)21-3)17-9-7-5-6-8(19(9)12)13(14,15)16/h5-7H,4H2,1-3H3. The fourth-order valence-electron chi connectivity index (χ4n) is 1.93. The van der Waals surface area contributed by atoms with E-state index in [-0.39, 0.29) is 16.4 Å². The average molecular weight is 333 g/mol. The summed E-state index contributed by atoms with van der Waals surface area (Å²) in [6.45, 7) is 1.79. The molecule has 0 spiro atoms. The Morgan fingerprint density at radius 2 is 2.14 bits per heavy atom. The van der Waals surface area contributed by atoms with E-state index in [1.54, 1.807) is 6.92 Å². The summed E-state index contributed by atoms with van der Waals surface area (Å²) in [6.07, 6.45) is -4.54. The molecule has 0 saturated heterocycles. The molecule has 120 valence electrons. The van der Waals surface area contributed by atoms with Crippen LogP contribution in [0.2, 0.25) is 0 Å². The lowest BCUT2D eigenvalue weighted by Gasteiger charge is -2.14. The van der Waals surface area contributed by atoms with Gasteiger partial charge < -0.3 is 0 Å². The number of amides is 1. The summed E-state index contributed by atoms with van der Waals surface area (Å²) in [4.78, 5) is 21.1. The molecule has 2 rings (SSSR count). The van der Waals surface area contributed by atoms with Crippen LogP contribution in [0.25, 0.3) is 5.65 Å². The Morgan fingerprint density at radius 1 is 1.45 bits per heavy atom. The molecule has 1 amide bonds. The first-order chi connectivity index (χ1) is 10.3. The second-order valence-corrected chi connectivity index (χ2v) is 5.54. The summed E-state index contributed by atoms with van der Waals surface area (Å²) in [6, 6.07) is 3.65. The van der Waals surface area contributed by atoms with Crippen LogP contribution in [-0.2, 0) is 11.0 Å². The zero-order valence-electron chi connectivity index (χ0n) is 12.1. The molecule has 9 heteroatoms. The zero-order chi connectivity index (χ0) is 16.5.